The third-order valence-electron chi connectivity index (χ3n) is 3.10. The van der Waals surface area contributed by atoms with Crippen LogP contribution in [0.1, 0.15) is 18.2 Å². The summed E-state index contributed by atoms with van der Waals surface area (Å²) in [5.41, 5.74) is 1.93. The van der Waals surface area contributed by atoms with E-state index in [1.165, 1.54) is 4.90 Å². The van der Waals surface area contributed by atoms with E-state index < -0.39 is 6.09 Å². The van der Waals surface area contributed by atoms with E-state index >= 15 is 0 Å². The quantitative estimate of drug-likeness (QED) is 0.467. The molecule has 7 nitrogen and oxygen atoms in total. The largest absolute Gasteiger partial charge is 1.00 e. The molecule has 0 aliphatic carbocycles. The summed E-state index contributed by atoms with van der Waals surface area (Å²) in [4.78, 5) is 22.3. The van der Waals surface area contributed by atoms with Crippen LogP contribution in [0.5, 0.6) is 11.5 Å². The molecule has 0 saturated heterocycles. The van der Waals surface area contributed by atoms with E-state index in [9.17, 15) is 9.90 Å². The summed E-state index contributed by atoms with van der Waals surface area (Å²) >= 11 is 0. The Morgan fingerprint density at radius 3 is 2.52 bits per heavy atom. The molecule has 2 rings (SSSR count). The number of nitrogens with one attached hydrogen (secondary N) is 1. The number of hydrogen-bond donors (Lipinski definition) is 2. The normalized spacial score (nSPS) is 10.6. The predicted molar refractivity (Wildman–Crippen MR) is 87.6 cm³/mol. The van der Waals surface area contributed by atoms with Gasteiger partial charge in [0.2, 0.25) is 0 Å². The number of carbonyl (C=O) groups excluding carboxylic acids is 1. The van der Waals surface area contributed by atoms with Crippen LogP contribution in [-0.4, -0.2) is 40.9 Å². The maximum Gasteiger partial charge on any atom is 0.414 e. The fourth-order valence-corrected chi connectivity index (χ4v) is 1.81. The zero-order valence-electron chi connectivity index (χ0n) is 14.2. The highest BCUT2D eigenvalue weighted by atomic mass is 35.5. The molecule has 1 aromatic carbocycles. The fraction of sp³-hybridized carbons (Fsp3) is 0.235. The van der Waals surface area contributed by atoms with E-state index in [1.54, 1.807) is 63.6 Å². The molecule has 0 spiro atoms. The van der Waals surface area contributed by atoms with Crippen LogP contribution in [0.15, 0.2) is 42.6 Å². The number of aromatic hydroxyl groups is 1. The molecule has 25 heavy (non-hydrogen) atoms. The van der Waals surface area contributed by atoms with Crippen molar-refractivity contribution in [1.29, 1.82) is 0 Å². The van der Waals surface area contributed by atoms with Gasteiger partial charge in [-0.2, -0.15) is 0 Å². The summed E-state index contributed by atoms with van der Waals surface area (Å²) in [7, 11) is 3.24. The van der Waals surface area contributed by atoms with Crippen LogP contribution >= 0.6 is 0 Å². The number of nitrogens with zero attached hydrogens (tertiary/aromatic N) is 2. The van der Waals surface area contributed by atoms with Gasteiger partial charge in [0.15, 0.2) is 12.3 Å². The van der Waals surface area contributed by atoms with E-state index in [1.807, 2.05) is 0 Å². The Morgan fingerprint density at radius 2 is 1.92 bits per heavy atom. The van der Waals surface area contributed by atoms with Crippen LogP contribution in [0.2, 0.25) is 0 Å². The van der Waals surface area contributed by atoms with Crippen molar-refractivity contribution in [2.45, 2.75) is 13.5 Å². The maximum atomic E-state index is 11.4. The lowest BCUT2D eigenvalue weighted by Crippen LogP contribution is -3.00. The van der Waals surface area contributed by atoms with E-state index in [0.717, 1.165) is 5.56 Å². The third-order valence-corrected chi connectivity index (χ3v) is 3.10. The van der Waals surface area contributed by atoms with Gasteiger partial charge in [-0.05, 0) is 35.0 Å². The van der Waals surface area contributed by atoms with Crippen LogP contribution < -0.4 is 22.3 Å². The van der Waals surface area contributed by atoms with Gasteiger partial charge in [0.1, 0.15) is 11.5 Å². The molecular formula is C17H20ClN3O4. The fourth-order valence-electron chi connectivity index (χ4n) is 1.81. The summed E-state index contributed by atoms with van der Waals surface area (Å²) in [6, 6.07) is 10.2. The first-order valence-electron chi connectivity index (χ1n) is 7.31. The van der Waals surface area contributed by atoms with Gasteiger partial charge in [0, 0.05) is 27.2 Å². The molecule has 0 aliphatic rings. The van der Waals surface area contributed by atoms with Crippen LogP contribution in [-0.2, 0) is 11.4 Å². The van der Waals surface area contributed by atoms with Crippen molar-refractivity contribution < 1.29 is 37.0 Å². The molecule has 2 N–H and O–H groups in total. The Kier molecular flexibility index (Phi) is 7.68. The van der Waals surface area contributed by atoms with Gasteiger partial charge in [0.05, 0.1) is 0 Å². The molecule has 1 heterocycles. The lowest BCUT2D eigenvalue weighted by Gasteiger charge is -2.10. The second-order valence-corrected chi connectivity index (χ2v) is 5.29. The van der Waals surface area contributed by atoms with Crippen LogP contribution in [0.25, 0.3) is 0 Å². The van der Waals surface area contributed by atoms with Crippen LogP contribution in [0.3, 0.4) is 0 Å². The number of hydrogen-bond acceptors (Lipinski definition) is 5. The number of aromatic nitrogens is 1. The second-order valence-electron chi connectivity index (χ2n) is 5.29. The molecule has 0 fully saturated rings. The highest BCUT2D eigenvalue weighted by Crippen LogP contribution is 2.13. The van der Waals surface area contributed by atoms with Gasteiger partial charge in [-0.15, -0.1) is 0 Å². The average Bonchev–Trinajstić information content (AvgIpc) is 2.56. The van der Waals surface area contributed by atoms with Gasteiger partial charge in [-0.1, -0.05) is 12.1 Å². The average molecular weight is 366 g/mol. The lowest BCUT2D eigenvalue weighted by atomic mass is 10.2. The van der Waals surface area contributed by atoms with Gasteiger partial charge in [0.25, 0.3) is 5.71 Å². The molecule has 0 bridgehead atoms. The van der Waals surface area contributed by atoms with Gasteiger partial charge < -0.3 is 27.2 Å². The summed E-state index contributed by atoms with van der Waals surface area (Å²) in [6.45, 7) is 2.05. The highest BCUT2D eigenvalue weighted by molar-refractivity contribution is 5.94. The smallest absolute Gasteiger partial charge is 0.414 e. The summed E-state index contributed by atoms with van der Waals surface area (Å²) in [5, 5.41) is 12.5. The van der Waals surface area contributed by atoms with Crippen LogP contribution in [0, 0.1) is 0 Å². The van der Waals surface area contributed by atoms with E-state index in [4.69, 9.17) is 9.57 Å². The minimum absolute atomic E-state index is 0. The molecule has 1 aromatic heterocycles. The number of benzene rings is 1. The first-order chi connectivity index (χ1) is 11.5. The molecule has 0 aliphatic heterocycles. The Hall–Kier alpha value is -2.80. The third kappa shape index (κ3) is 5.96. The van der Waals surface area contributed by atoms with Gasteiger partial charge in [-0.25, -0.2) is 9.78 Å². The first kappa shape index (κ1) is 20.2. The van der Waals surface area contributed by atoms with Crippen molar-refractivity contribution in [2.24, 2.45) is 0 Å². The van der Waals surface area contributed by atoms with Crippen molar-refractivity contribution >= 4 is 11.8 Å². The monoisotopic (exact) mass is 365 g/mol. The number of halogens is 1. The molecule has 2 aromatic rings. The number of carbonyl (C=O) groups is 1. The molecule has 0 radical (unpaired) electrons. The minimum Gasteiger partial charge on any atom is -1.00 e. The van der Waals surface area contributed by atoms with Gasteiger partial charge in [-0.3, -0.25) is 4.84 Å². The molecule has 1 amide bonds. The van der Waals surface area contributed by atoms with Gasteiger partial charge >= 0.3 is 6.09 Å². The zero-order valence-corrected chi connectivity index (χ0v) is 14.9. The zero-order chi connectivity index (χ0) is 17.5. The highest BCUT2D eigenvalue weighted by Gasteiger charge is 2.11. The Bertz CT molecular complexity index is 733. The summed E-state index contributed by atoms with van der Waals surface area (Å²) < 4.78 is 5.13. The summed E-state index contributed by atoms with van der Waals surface area (Å²) in [6.07, 6.45) is 1.16. The minimum atomic E-state index is -0.430. The SMILES string of the molecule is CC(=[NH+]OCc1ccc(OC(=O)N(C)C)cc1)c1ncccc1O.[Cl-]. The Labute approximate surface area is 152 Å². The number of pyridine rings is 1. The maximum absolute atomic E-state index is 11.4. The van der Waals surface area contributed by atoms with Crippen molar-refractivity contribution in [3.63, 3.8) is 0 Å². The first-order valence-corrected chi connectivity index (χ1v) is 7.31. The second kappa shape index (κ2) is 9.48. The van der Waals surface area contributed by atoms with Crippen molar-refractivity contribution in [2.75, 3.05) is 14.1 Å². The molecule has 0 saturated carbocycles. The Balaban J connectivity index is 0.00000312. The predicted octanol–water partition coefficient (Wildman–Crippen LogP) is -2.13. The van der Waals surface area contributed by atoms with Crippen molar-refractivity contribution in [3.8, 4) is 11.5 Å². The Morgan fingerprint density at radius 1 is 1.24 bits per heavy atom. The van der Waals surface area contributed by atoms with Crippen molar-refractivity contribution in [3.05, 3.63) is 53.9 Å². The summed E-state index contributed by atoms with van der Waals surface area (Å²) in [5.74, 6) is 0.546. The van der Waals surface area contributed by atoms with E-state index in [-0.39, 0.29) is 18.2 Å². The lowest BCUT2D eigenvalue weighted by molar-refractivity contribution is -0.758. The van der Waals surface area contributed by atoms with E-state index in [2.05, 4.69) is 10.1 Å². The molecule has 134 valence electrons. The molecule has 0 unspecified atom stereocenters. The number of rotatable bonds is 5. The topological polar surface area (TPSA) is 85.9 Å². The van der Waals surface area contributed by atoms with E-state index in [0.29, 0.717) is 23.8 Å². The molecule has 0 atom stereocenters. The molecule has 8 heteroatoms. The van der Waals surface area contributed by atoms with Crippen LogP contribution in [0.4, 0.5) is 4.79 Å². The molecular weight excluding hydrogens is 346 g/mol. The number of ether oxygens (including phenoxy) is 1. The number of amides is 1. The standard InChI is InChI=1S/C17H19N3O4.ClH/c1-12(16-15(21)5-4-10-18-16)19-23-11-13-6-8-14(9-7-13)24-17(22)20(2)3;/h4-10,21H,11H2,1-3H3;1H. The van der Waals surface area contributed by atoms with Crippen molar-refractivity contribution in [1.82, 2.24) is 9.88 Å².